The van der Waals surface area contributed by atoms with Crippen LogP contribution in [0.15, 0.2) is 48.8 Å². The molecule has 2 fully saturated rings. The third kappa shape index (κ3) is 3.65. The van der Waals surface area contributed by atoms with Gasteiger partial charge in [0.15, 0.2) is 0 Å². The summed E-state index contributed by atoms with van der Waals surface area (Å²) in [6.07, 6.45) is 2.44. The fourth-order valence-corrected chi connectivity index (χ4v) is 5.10. The Bertz CT molecular complexity index is 1240. The van der Waals surface area contributed by atoms with Crippen LogP contribution in [0.1, 0.15) is 16.8 Å². The normalized spacial score (nSPS) is 18.2. The van der Waals surface area contributed by atoms with Crippen molar-refractivity contribution in [2.75, 3.05) is 48.0 Å². The highest BCUT2D eigenvalue weighted by atomic mass is 35.5. The van der Waals surface area contributed by atoms with Crippen molar-refractivity contribution >= 4 is 34.5 Å². The molecule has 8 heteroatoms. The number of fused-ring (bicyclic) bond motifs is 1. The number of benzene rings is 2. The van der Waals surface area contributed by atoms with Crippen LogP contribution in [0.3, 0.4) is 0 Å². The topological polar surface area (TPSA) is 77.3 Å². The maximum Gasteiger partial charge on any atom is 0.137 e. The molecule has 1 spiro atoms. The molecule has 0 saturated carbocycles. The molecule has 166 valence electrons. The van der Waals surface area contributed by atoms with Gasteiger partial charge in [-0.1, -0.05) is 11.6 Å². The molecular formula is C25H23ClN6O. The van der Waals surface area contributed by atoms with Gasteiger partial charge in [-0.2, -0.15) is 5.26 Å². The first-order chi connectivity index (χ1) is 16.1. The van der Waals surface area contributed by atoms with E-state index in [-0.39, 0.29) is 0 Å². The first-order valence-electron chi connectivity index (χ1n) is 11.1. The van der Waals surface area contributed by atoms with Crippen LogP contribution < -0.4 is 15.1 Å². The van der Waals surface area contributed by atoms with Crippen LogP contribution in [-0.4, -0.2) is 42.8 Å². The standard InChI is InChI=1S/C25H23ClN6O/c26-22-9-20(4-1-17(22)10-27)31-8-7-21-23(11-31)28-16-29-24(21)30-18-2-5-19(6-3-18)32-12-25(13-32)14-33-15-25/h1-6,9,16H,7-8,11-15H2,(H,28,29,30). The molecule has 0 aliphatic carbocycles. The van der Waals surface area contributed by atoms with Crippen molar-refractivity contribution in [2.24, 2.45) is 5.41 Å². The van der Waals surface area contributed by atoms with Gasteiger partial charge in [0.25, 0.3) is 0 Å². The lowest BCUT2D eigenvalue weighted by Gasteiger charge is -2.56. The van der Waals surface area contributed by atoms with Gasteiger partial charge in [-0.25, -0.2) is 9.97 Å². The van der Waals surface area contributed by atoms with Crippen LogP contribution in [0.5, 0.6) is 0 Å². The second-order valence-corrected chi connectivity index (χ2v) is 9.52. The van der Waals surface area contributed by atoms with E-state index in [0.29, 0.717) is 22.5 Å². The van der Waals surface area contributed by atoms with Gasteiger partial charge in [0, 0.05) is 42.3 Å². The summed E-state index contributed by atoms with van der Waals surface area (Å²) in [5, 5.41) is 13.1. The first-order valence-corrected chi connectivity index (χ1v) is 11.5. The molecule has 3 aromatic rings. The summed E-state index contributed by atoms with van der Waals surface area (Å²) in [5.41, 5.74) is 6.31. The largest absolute Gasteiger partial charge is 0.380 e. The number of hydrogen-bond acceptors (Lipinski definition) is 7. The molecule has 1 N–H and O–H groups in total. The minimum absolute atomic E-state index is 0.411. The van der Waals surface area contributed by atoms with Crippen LogP contribution in [0.25, 0.3) is 0 Å². The SMILES string of the molecule is N#Cc1ccc(N2CCc3c(ncnc3Nc3ccc(N4CC5(COC5)C4)cc3)C2)cc1Cl. The van der Waals surface area contributed by atoms with Gasteiger partial charge >= 0.3 is 0 Å². The van der Waals surface area contributed by atoms with Crippen molar-refractivity contribution in [3.8, 4) is 6.07 Å². The average molecular weight is 459 g/mol. The van der Waals surface area contributed by atoms with Gasteiger partial charge in [0.05, 0.1) is 41.5 Å². The first kappa shape index (κ1) is 20.3. The lowest BCUT2D eigenvalue weighted by Crippen LogP contribution is -2.66. The van der Waals surface area contributed by atoms with Crippen LogP contribution in [0, 0.1) is 16.7 Å². The average Bonchev–Trinajstić information content (AvgIpc) is 2.78. The summed E-state index contributed by atoms with van der Waals surface area (Å²) in [6, 6.07) is 16.2. The van der Waals surface area contributed by atoms with Gasteiger partial charge < -0.3 is 19.9 Å². The van der Waals surface area contributed by atoms with Gasteiger partial charge in [-0.15, -0.1) is 0 Å². The van der Waals surface area contributed by atoms with Gasteiger partial charge in [0.2, 0.25) is 0 Å². The van der Waals surface area contributed by atoms with Crippen LogP contribution >= 0.6 is 11.6 Å². The minimum Gasteiger partial charge on any atom is -0.380 e. The summed E-state index contributed by atoms with van der Waals surface area (Å²) < 4.78 is 5.37. The Morgan fingerprint density at radius 3 is 2.52 bits per heavy atom. The maximum atomic E-state index is 9.11. The lowest BCUT2D eigenvalue weighted by atomic mass is 9.78. The molecule has 3 aliphatic rings. The van der Waals surface area contributed by atoms with E-state index in [1.807, 2.05) is 12.1 Å². The molecule has 2 aromatic carbocycles. The van der Waals surface area contributed by atoms with E-state index in [1.54, 1.807) is 12.4 Å². The second kappa shape index (κ2) is 7.91. The van der Waals surface area contributed by atoms with Gasteiger partial charge in [0.1, 0.15) is 18.2 Å². The summed E-state index contributed by atoms with van der Waals surface area (Å²) in [4.78, 5) is 13.7. The zero-order chi connectivity index (χ0) is 22.4. The van der Waals surface area contributed by atoms with Crippen LogP contribution in [0.4, 0.5) is 22.9 Å². The van der Waals surface area contributed by atoms with E-state index in [1.165, 1.54) is 5.69 Å². The number of nitrogens with one attached hydrogen (secondary N) is 1. The number of ether oxygens (including phenoxy) is 1. The molecule has 0 atom stereocenters. The maximum absolute atomic E-state index is 9.11. The molecule has 2 saturated heterocycles. The predicted molar refractivity (Wildman–Crippen MR) is 128 cm³/mol. The van der Waals surface area contributed by atoms with Crippen LogP contribution in [-0.2, 0) is 17.7 Å². The number of rotatable bonds is 4. The molecule has 4 heterocycles. The summed E-state index contributed by atoms with van der Waals surface area (Å²) in [6.45, 7) is 5.47. The Balaban J connectivity index is 1.15. The highest BCUT2D eigenvalue weighted by molar-refractivity contribution is 6.32. The van der Waals surface area contributed by atoms with Gasteiger partial charge in [-0.05, 0) is 48.9 Å². The fourth-order valence-electron chi connectivity index (χ4n) is 4.89. The number of nitriles is 1. The Kier molecular flexibility index (Phi) is 4.86. The lowest BCUT2D eigenvalue weighted by molar-refractivity contribution is -0.127. The fraction of sp³-hybridized carbons (Fsp3) is 0.320. The smallest absolute Gasteiger partial charge is 0.137 e. The number of nitrogens with zero attached hydrogens (tertiary/aromatic N) is 5. The molecule has 0 bridgehead atoms. The Morgan fingerprint density at radius 2 is 1.82 bits per heavy atom. The molecule has 1 aromatic heterocycles. The molecule has 6 rings (SSSR count). The molecule has 3 aliphatic heterocycles. The molecule has 33 heavy (non-hydrogen) atoms. The van der Waals surface area contributed by atoms with Crippen molar-refractivity contribution in [1.82, 2.24) is 9.97 Å². The van der Waals surface area contributed by atoms with Crippen molar-refractivity contribution in [3.05, 3.63) is 70.6 Å². The Labute approximate surface area is 197 Å². The van der Waals surface area contributed by atoms with E-state index < -0.39 is 0 Å². The monoisotopic (exact) mass is 458 g/mol. The van der Waals surface area contributed by atoms with Gasteiger partial charge in [-0.3, -0.25) is 0 Å². The number of anilines is 4. The van der Waals surface area contributed by atoms with E-state index in [9.17, 15) is 0 Å². The molecule has 0 amide bonds. The van der Waals surface area contributed by atoms with Crippen molar-refractivity contribution < 1.29 is 4.74 Å². The van der Waals surface area contributed by atoms with Crippen molar-refractivity contribution in [2.45, 2.75) is 13.0 Å². The highest BCUT2D eigenvalue weighted by Crippen LogP contribution is 2.40. The number of hydrogen-bond donors (Lipinski definition) is 1. The minimum atomic E-state index is 0.411. The third-order valence-corrected chi connectivity index (χ3v) is 7.12. The Morgan fingerprint density at radius 1 is 1.03 bits per heavy atom. The highest BCUT2D eigenvalue weighted by Gasteiger charge is 2.48. The molecule has 0 unspecified atom stereocenters. The van der Waals surface area contributed by atoms with Crippen molar-refractivity contribution in [1.29, 1.82) is 5.26 Å². The molecular weight excluding hydrogens is 436 g/mol. The van der Waals surface area contributed by atoms with E-state index in [4.69, 9.17) is 21.6 Å². The van der Waals surface area contributed by atoms with E-state index in [0.717, 1.165) is 67.7 Å². The second-order valence-electron chi connectivity index (χ2n) is 9.12. The van der Waals surface area contributed by atoms with Crippen molar-refractivity contribution in [3.63, 3.8) is 0 Å². The quantitative estimate of drug-likeness (QED) is 0.629. The van der Waals surface area contributed by atoms with Crippen LogP contribution in [0.2, 0.25) is 5.02 Å². The zero-order valence-electron chi connectivity index (χ0n) is 18.1. The molecule has 0 radical (unpaired) electrons. The predicted octanol–water partition coefficient (Wildman–Crippen LogP) is 4.14. The van der Waals surface area contributed by atoms with E-state index >= 15 is 0 Å². The third-order valence-electron chi connectivity index (χ3n) is 6.81. The zero-order valence-corrected chi connectivity index (χ0v) is 18.8. The summed E-state index contributed by atoms with van der Waals surface area (Å²) >= 11 is 6.24. The summed E-state index contributed by atoms with van der Waals surface area (Å²) in [7, 11) is 0. The Hall–Kier alpha value is -3.34. The van der Waals surface area contributed by atoms with E-state index in [2.05, 4.69) is 55.4 Å². The summed E-state index contributed by atoms with van der Waals surface area (Å²) in [5.74, 6) is 0.861. The number of aromatic nitrogens is 2. The molecule has 7 nitrogen and oxygen atoms in total. The number of halogens is 1.